The number of morpholine rings is 1. The Hall–Kier alpha value is -3.12. The predicted molar refractivity (Wildman–Crippen MR) is 110 cm³/mol. The fraction of sp³-hybridized carbons (Fsp3) is 0.304. The Kier molecular flexibility index (Phi) is 5.62. The van der Waals surface area contributed by atoms with Crippen molar-refractivity contribution in [2.24, 2.45) is 5.92 Å². The zero-order valence-corrected chi connectivity index (χ0v) is 16.6. The largest absolute Gasteiger partial charge is 0.366 e. The molecule has 0 bridgehead atoms. The fourth-order valence-electron chi connectivity index (χ4n) is 3.42. The maximum absolute atomic E-state index is 13.2. The summed E-state index contributed by atoms with van der Waals surface area (Å²) >= 11 is 0. The number of amides is 1. The second-order valence-corrected chi connectivity index (χ2v) is 7.54. The van der Waals surface area contributed by atoms with Crippen LogP contribution in [0.5, 0.6) is 0 Å². The van der Waals surface area contributed by atoms with Gasteiger partial charge in [0.15, 0.2) is 5.82 Å². The van der Waals surface area contributed by atoms with Gasteiger partial charge in [0.1, 0.15) is 11.8 Å². The number of carbonyl (C=O) groups is 1. The van der Waals surface area contributed by atoms with E-state index in [4.69, 9.17) is 4.74 Å². The van der Waals surface area contributed by atoms with Gasteiger partial charge in [0.25, 0.3) is 5.91 Å². The molecular formula is C23H24N4O2. The summed E-state index contributed by atoms with van der Waals surface area (Å²) in [7, 11) is 0. The normalized spacial score (nSPS) is 19.3. The summed E-state index contributed by atoms with van der Waals surface area (Å²) in [5.41, 5.74) is 2.24. The SMILES string of the molecule is CC(C)[C@H]1CN(C(=O)c2cnc(-c3ccccn3)nc2)C[C@@H](c2ccccc2)O1. The highest BCUT2D eigenvalue weighted by molar-refractivity contribution is 5.93. The van der Waals surface area contributed by atoms with Crippen LogP contribution in [0.4, 0.5) is 0 Å². The molecule has 3 aromatic rings. The van der Waals surface area contributed by atoms with Crippen LogP contribution in [0.1, 0.15) is 35.9 Å². The molecule has 1 fully saturated rings. The van der Waals surface area contributed by atoms with Crippen molar-refractivity contribution in [3.63, 3.8) is 0 Å². The number of benzene rings is 1. The lowest BCUT2D eigenvalue weighted by molar-refractivity contribution is -0.0954. The second-order valence-electron chi connectivity index (χ2n) is 7.54. The molecule has 1 amide bonds. The molecule has 1 saturated heterocycles. The Bertz CT molecular complexity index is 946. The first-order valence-electron chi connectivity index (χ1n) is 9.85. The topological polar surface area (TPSA) is 68.2 Å². The van der Waals surface area contributed by atoms with E-state index in [9.17, 15) is 4.79 Å². The molecule has 2 atom stereocenters. The van der Waals surface area contributed by atoms with E-state index in [0.29, 0.717) is 36.1 Å². The molecule has 0 saturated carbocycles. The molecule has 29 heavy (non-hydrogen) atoms. The van der Waals surface area contributed by atoms with Crippen LogP contribution in [0.3, 0.4) is 0 Å². The van der Waals surface area contributed by atoms with Crippen molar-refractivity contribution in [1.29, 1.82) is 0 Å². The van der Waals surface area contributed by atoms with Crippen molar-refractivity contribution in [2.75, 3.05) is 13.1 Å². The van der Waals surface area contributed by atoms with Gasteiger partial charge in [-0.15, -0.1) is 0 Å². The molecule has 0 unspecified atom stereocenters. The lowest BCUT2D eigenvalue weighted by Crippen LogP contribution is -2.48. The first-order valence-corrected chi connectivity index (χ1v) is 9.85. The number of pyridine rings is 1. The Morgan fingerprint density at radius 1 is 1.00 bits per heavy atom. The van der Waals surface area contributed by atoms with E-state index < -0.39 is 0 Å². The summed E-state index contributed by atoms with van der Waals surface area (Å²) in [6.45, 7) is 5.30. The summed E-state index contributed by atoms with van der Waals surface area (Å²) in [4.78, 5) is 28.0. The minimum atomic E-state index is -0.144. The van der Waals surface area contributed by atoms with Crippen molar-refractivity contribution in [2.45, 2.75) is 26.1 Å². The molecule has 1 aliphatic rings. The Labute approximate surface area is 170 Å². The van der Waals surface area contributed by atoms with Crippen LogP contribution in [0.2, 0.25) is 0 Å². The van der Waals surface area contributed by atoms with Crippen molar-refractivity contribution < 1.29 is 9.53 Å². The smallest absolute Gasteiger partial charge is 0.257 e. The van der Waals surface area contributed by atoms with Crippen LogP contribution >= 0.6 is 0 Å². The third kappa shape index (κ3) is 4.32. The fourth-order valence-corrected chi connectivity index (χ4v) is 3.42. The van der Waals surface area contributed by atoms with Gasteiger partial charge in [0, 0.05) is 25.1 Å². The molecule has 4 rings (SSSR count). The van der Waals surface area contributed by atoms with Gasteiger partial charge in [0.2, 0.25) is 0 Å². The number of aromatic nitrogens is 3. The van der Waals surface area contributed by atoms with Gasteiger partial charge in [-0.3, -0.25) is 9.78 Å². The summed E-state index contributed by atoms with van der Waals surface area (Å²) < 4.78 is 6.29. The molecule has 0 radical (unpaired) electrons. The highest BCUT2D eigenvalue weighted by Crippen LogP contribution is 2.29. The van der Waals surface area contributed by atoms with E-state index in [0.717, 1.165) is 5.56 Å². The van der Waals surface area contributed by atoms with Crippen molar-refractivity contribution in [3.8, 4) is 11.5 Å². The zero-order valence-electron chi connectivity index (χ0n) is 16.6. The van der Waals surface area contributed by atoms with Gasteiger partial charge in [-0.1, -0.05) is 50.2 Å². The number of carbonyl (C=O) groups excluding carboxylic acids is 1. The molecule has 3 heterocycles. The van der Waals surface area contributed by atoms with Crippen LogP contribution in [0, 0.1) is 5.92 Å². The third-order valence-electron chi connectivity index (χ3n) is 5.12. The molecule has 148 valence electrons. The van der Waals surface area contributed by atoms with Crippen LogP contribution in [-0.4, -0.2) is 45.0 Å². The van der Waals surface area contributed by atoms with Crippen molar-refractivity contribution in [1.82, 2.24) is 19.9 Å². The minimum absolute atomic E-state index is 0.0217. The first kappa shape index (κ1) is 19.2. The number of ether oxygens (including phenoxy) is 1. The summed E-state index contributed by atoms with van der Waals surface area (Å²) in [5.74, 6) is 0.735. The maximum atomic E-state index is 13.2. The molecule has 0 N–H and O–H groups in total. The van der Waals surface area contributed by atoms with Gasteiger partial charge < -0.3 is 9.64 Å². The van der Waals surface area contributed by atoms with Crippen LogP contribution in [0.25, 0.3) is 11.5 Å². The number of hydrogen-bond donors (Lipinski definition) is 0. The Balaban J connectivity index is 1.55. The second kappa shape index (κ2) is 8.49. The van der Waals surface area contributed by atoms with Crippen LogP contribution < -0.4 is 0 Å². The van der Waals surface area contributed by atoms with Gasteiger partial charge in [-0.2, -0.15) is 0 Å². The Morgan fingerprint density at radius 2 is 1.72 bits per heavy atom. The van der Waals surface area contributed by atoms with Crippen LogP contribution in [-0.2, 0) is 4.74 Å². The van der Waals surface area contributed by atoms with Crippen LogP contribution in [0.15, 0.2) is 67.1 Å². The number of nitrogens with zero attached hydrogens (tertiary/aromatic N) is 4. The highest BCUT2D eigenvalue weighted by Gasteiger charge is 2.33. The average molecular weight is 388 g/mol. The summed E-state index contributed by atoms with van der Waals surface area (Å²) in [6, 6.07) is 15.6. The summed E-state index contributed by atoms with van der Waals surface area (Å²) in [6.07, 6.45) is 4.69. The molecule has 0 spiro atoms. The standard InChI is InChI=1S/C23H24N4O2/c1-16(2)20-14-27(15-21(29-20)17-8-4-3-5-9-17)23(28)18-12-25-22(26-13-18)19-10-6-7-11-24-19/h3-13,16,20-21H,14-15H2,1-2H3/t20-,21+/m1/s1. The van der Waals surface area contributed by atoms with E-state index in [-0.39, 0.29) is 18.1 Å². The van der Waals surface area contributed by atoms with Crippen molar-refractivity contribution in [3.05, 3.63) is 78.2 Å². The molecule has 6 nitrogen and oxygen atoms in total. The van der Waals surface area contributed by atoms with E-state index in [1.165, 1.54) is 0 Å². The zero-order chi connectivity index (χ0) is 20.2. The van der Waals surface area contributed by atoms with Gasteiger partial charge >= 0.3 is 0 Å². The third-order valence-corrected chi connectivity index (χ3v) is 5.12. The lowest BCUT2D eigenvalue weighted by Gasteiger charge is -2.40. The highest BCUT2D eigenvalue weighted by atomic mass is 16.5. The first-order chi connectivity index (χ1) is 14.1. The predicted octanol–water partition coefficient (Wildman–Crippen LogP) is 3.78. The van der Waals surface area contributed by atoms with E-state index in [2.05, 4.69) is 28.8 Å². The summed E-state index contributed by atoms with van der Waals surface area (Å²) in [5, 5.41) is 0. The molecule has 0 aliphatic carbocycles. The lowest BCUT2D eigenvalue weighted by atomic mass is 10.0. The average Bonchev–Trinajstić information content (AvgIpc) is 2.79. The van der Waals surface area contributed by atoms with E-state index in [1.54, 1.807) is 18.6 Å². The van der Waals surface area contributed by atoms with Crippen molar-refractivity contribution >= 4 is 5.91 Å². The molecule has 6 heteroatoms. The monoisotopic (exact) mass is 388 g/mol. The molecular weight excluding hydrogens is 364 g/mol. The molecule has 1 aliphatic heterocycles. The van der Waals surface area contributed by atoms with Gasteiger partial charge in [-0.05, 0) is 23.6 Å². The maximum Gasteiger partial charge on any atom is 0.257 e. The van der Waals surface area contributed by atoms with E-state index in [1.807, 2.05) is 53.4 Å². The number of hydrogen-bond acceptors (Lipinski definition) is 5. The van der Waals surface area contributed by atoms with Gasteiger partial charge in [-0.25, -0.2) is 9.97 Å². The van der Waals surface area contributed by atoms with E-state index >= 15 is 0 Å². The molecule has 2 aromatic heterocycles. The Morgan fingerprint density at radius 3 is 2.38 bits per heavy atom. The van der Waals surface area contributed by atoms with Gasteiger partial charge in [0.05, 0.1) is 18.2 Å². The minimum Gasteiger partial charge on any atom is -0.366 e. The number of rotatable bonds is 4. The molecule has 1 aromatic carbocycles. The quantitative estimate of drug-likeness (QED) is 0.680.